The van der Waals surface area contributed by atoms with Crippen molar-refractivity contribution in [1.82, 2.24) is 15.0 Å². The standard InChI is InChI=1S/C12H22N4O2/c1-4-12(2,8-13)11-14-10(15-18-11)9-7-16(3)5-6-17-9/h9H,4-8,13H2,1-3H3. The number of hydrogen-bond donors (Lipinski definition) is 1. The molecule has 0 spiro atoms. The molecule has 2 unspecified atom stereocenters. The molecule has 1 aromatic heterocycles. The Morgan fingerprint density at radius 2 is 2.33 bits per heavy atom. The van der Waals surface area contributed by atoms with E-state index in [1.807, 2.05) is 6.92 Å². The Balaban J connectivity index is 2.14. The summed E-state index contributed by atoms with van der Waals surface area (Å²) in [7, 11) is 2.06. The van der Waals surface area contributed by atoms with E-state index in [2.05, 4.69) is 29.0 Å². The van der Waals surface area contributed by atoms with Crippen LogP contribution in [0.3, 0.4) is 0 Å². The number of nitrogens with zero attached hydrogens (tertiary/aromatic N) is 3. The van der Waals surface area contributed by atoms with Gasteiger partial charge in [-0.15, -0.1) is 0 Å². The van der Waals surface area contributed by atoms with Gasteiger partial charge in [0.05, 0.1) is 12.0 Å². The average Bonchev–Trinajstić information content (AvgIpc) is 2.88. The van der Waals surface area contributed by atoms with E-state index in [0.29, 0.717) is 24.9 Å². The first-order valence-corrected chi connectivity index (χ1v) is 6.43. The molecule has 1 aromatic rings. The van der Waals surface area contributed by atoms with Crippen LogP contribution in [-0.2, 0) is 10.2 Å². The van der Waals surface area contributed by atoms with Gasteiger partial charge in [0.15, 0.2) is 0 Å². The molecule has 2 rings (SSSR count). The molecule has 1 aliphatic rings. The van der Waals surface area contributed by atoms with Gasteiger partial charge in [0.25, 0.3) is 0 Å². The molecule has 0 bridgehead atoms. The van der Waals surface area contributed by atoms with Crippen molar-refractivity contribution in [3.63, 3.8) is 0 Å². The number of aromatic nitrogens is 2. The van der Waals surface area contributed by atoms with Crippen molar-refractivity contribution >= 4 is 0 Å². The first-order chi connectivity index (χ1) is 8.59. The van der Waals surface area contributed by atoms with E-state index >= 15 is 0 Å². The minimum atomic E-state index is -0.244. The Kier molecular flexibility index (Phi) is 3.99. The molecule has 2 N–H and O–H groups in total. The first kappa shape index (κ1) is 13.5. The summed E-state index contributed by atoms with van der Waals surface area (Å²) < 4.78 is 11.0. The molecule has 102 valence electrons. The maximum Gasteiger partial charge on any atom is 0.233 e. The largest absolute Gasteiger partial charge is 0.367 e. The van der Waals surface area contributed by atoms with Gasteiger partial charge in [-0.25, -0.2) is 0 Å². The number of morpholine rings is 1. The third kappa shape index (κ3) is 2.55. The summed E-state index contributed by atoms with van der Waals surface area (Å²) in [6, 6.07) is 0. The zero-order valence-corrected chi connectivity index (χ0v) is 11.3. The molecule has 6 heteroatoms. The molecule has 0 aromatic carbocycles. The molecule has 18 heavy (non-hydrogen) atoms. The van der Waals surface area contributed by atoms with Crippen LogP contribution in [-0.4, -0.2) is 48.3 Å². The lowest BCUT2D eigenvalue weighted by Crippen LogP contribution is -2.36. The van der Waals surface area contributed by atoms with Gasteiger partial charge in [-0.3, -0.25) is 0 Å². The second-order valence-electron chi connectivity index (χ2n) is 5.20. The Morgan fingerprint density at radius 1 is 1.56 bits per heavy atom. The zero-order chi connectivity index (χ0) is 13.2. The average molecular weight is 254 g/mol. The van der Waals surface area contributed by atoms with E-state index in [1.54, 1.807) is 0 Å². The third-order valence-corrected chi connectivity index (χ3v) is 3.75. The fourth-order valence-electron chi connectivity index (χ4n) is 1.93. The van der Waals surface area contributed by atoms with E-state index in [-0.39, 0.29) is 11.5 Å². The number of rotatable bonds is 4. The SMILES string of the molecule is CCC(C)(CN)c1nc(C2CN(C)CCO2)no1. The molecule has 0 saturated carbocycles. The van der Waals surface area contributed by atoms with E-state index < -0.39 is 0 Å². The topological polar surface area (TPSA) is 77.4 Å². The maximum absolute atomic E-state index is 5.79. The lowest BCUT2D eigenvalue weighted by atomic mass is 9.88. The number of nitrogens with two attached hydrogens (primary N) is 1. The molecular formula is C12H22N4O2. The van der Waals surface area contributed by atoms with E-state index in [1.165, 1.54) is 0 Å². The maximum atomic E-state index is 5.79. The summed E-state index contributed by atoms with van der Waals surface area (Å²) in [6.45, 7) is 7.05. The Bertz CT molecular complexity index is 389. The van der Waals surface area contributed by atoms with Gasteiger partial charge in [0.1, 0.15) is 6.10 Å². The van der Waals surface area contributed by atoms with Crippen molar-refractivity contribution in [3.8, 4) is 0 Å². The van der Waals surface area contributed by atoms with Crippen LogP contribution in [0.25, 0.3) is 0 Å². The highest BCUT2D eigenvalue weighted by Gasteiger charge is 2.32. The Morgan fingerprint density at radius 3 is 2.94 bits per heavy atom. The normalized spacial score (nSPS) is 25.0. The highest BCUT2D eigenvalue weighted by molar-refractivity contribution is 5.05. The van der Waals surface area contributed by atoms with Crippen molar-refractivity contribution in [3.05, 3.63) is 11.7 Å². The minimum absolute atomic E-state index is 0.0971. The molecule has 1 saturated heterocycles. The van der Waals surface area contributed by atoms with Crippen molar-refractivity contribution in [2.75, 3.05) is 33.3 Å². The van der Waals surface area contributed by atoms with Crippen LogP contribution in [0.15, 0.2) is 4.52 Å². The summed E-state index contributed by atoms with van der Waals surface area (Å²) in [5.41, 5.74) is 5.55. The predicted octanol–water partition coefficient (Wildman–Crippen LogP) is 0.699. The molecular weight excluding hydrogens is 232 g/mol. The fraction of sp³-hybridized carbons (Fsp3) is 0.833. The van der Waals surface area contributed by atoms with Crippen molar-refractivity contribution < 1.29 is 9.26 Å². The molecule has 0 aliphatic carbocycles. The summed E-state index contributed by atoms with van der Waals surface area (Å²) in [6.07, 6.45) is 0.774. The van der Waals surface area contributed by atoms with Crippen LogP contribution in [0.2, 0.25) is 0 Å². The number of hydrogen-bond acceptors (Lipinski definition) is 6. The van der Waals surface area contributed by atoms with Gasteiger partial charge in [-0.05, 0) is 20.4 Å². The Labute approximate surface area is 107 Å². The van der Waals surface area contributed by atoms with Crippen LogP contribution >= 0.6 is 0 Å². The highest BCUT2D eigenvalue weighted by atomic mass is 16.5. The number of likely N-dealkylation sites (N-methyl/N-ethyl adjacent to an activating group) is 1. The van der Waals surface area contributed by atoms with Gasteiger partial charge >= 0.3 is 0 Å². The zero-order valence-electron chi connectivity index (χ0n) is 11.3. The van der Waals surface area contributed by atoms with Gasteiger partial charge in [0.2, 0.25) is 11.7 Å². The van der Waals surface area contributed by atoms with Crippen molar-refractivity contribution in [2.45, 2.75) is 31.8 Å². The summed E-state index contributed by atoms with van der Waals surface area (Å²) in [5, 5.41) is 4.04. The molecule has 2 atom stereocenters. The van der Waals surface area contributed by atoms with Gasteiger partial charge < -0.3 is 19.9 Å². The highest BCUT2D eigenvalue weighted by Crippen LogP contribution is 2.27. The summed E-state index contributed by atoms with van der Waals surface area (Å²) in [4.78, 5) is 6.67. The summed E-state index contributed by atoms with van der Waals surface area (Å²) >= 11 is 0. The molecule has 2 heterocycles. The second-order valence-corrected chi connectivity index (χ2v) is 5.20. The van der Waals surface area contributed by atoms with Crippen LogP contribution in [0, 0.1) is 0 Å². The molecule has 0 amide bonds. The van der Waals surface area contributed by atoms with Crippen molar-refractivity contribution in [2.24, 2.45) is 5.73 Å². The minimum Gasteiger partial charge on any atom is -0.367 e. The van der Waals surface area contributed by atoms with E-state index in [0.717, 1.165) is 19.5 Å². The van der Waals surface area contributed by atoms with Crippen LogP contribution in [0.4, 0.5) is 0 Å². The van der Waals surface area contributed by atoms with Crippen LogP contribution < -0.4 is 5.73 Å². The Hall–Kier alpha value is -0.980. The van der Waals surface area contributed by atoms with Gasteiger partial charge in [0, 0.05) is 19.6 Å². The summed E-state index contributed by atoms with van der Waals surface area (Å²) in [5.74, 6) is 1.24. The monoisotopic (exact) mass is 254 g/mol. The predicted molar refractivity (Wildman–Crippen MR) is 67.2 cm³/mol. The fourth-order valence-corrected chi connectivity index (χ4v) is 1.93. The van der Waals surface area contributed by atoms with E-state index in [4.69, 9.17) is 15.0 Å². The van der Waals surface area contributed by atoms with Crippen LogP contribution in [0.1, 0.15) is 38.1 Å². The van der Waals surface area contributed by atoms with E-state index in [9.17, 15) is 0 Å². The second kappa shape index (κ2) is 5.34. The molecule has 1 fully saturated rings. The van der Waals surface area contributed by atoms with Crippen molar-refractivity contribution in [1.29, 1.82) is 0 Å². The van der Waals surface area contributed by atoms with Gasteiger partial charge in [-0.1, -0.05) is 12.1 Å². The molecule has 0 radical (unpaired) electrons. The van der Waals surface area contributed by atoms with Crippen LogP contribution in [0.5, 0.6) is 0 Å². The third-order valence-electron chi connectivity index (χ3n) is 3.75. The quantitative estimate of drug-likeness (QED) is 0.852. The molecule has 1 aliphatic heterocycles. The lowest BCUT2D eigenvalue weighted by Gasteiger charge is -2.28. The van der Waals surface area contributed by atoms with Gasteiger partial charge in [-0.2, -0.15) is 4.98 Å². The smallest absolute Gasteiger partial charge is 0.233 e. The first-order valence-electron chi connectivity index (χ1n) is 6.43. The lowest BCUT2D eigenvalue weighted by molar-refractivity contribution is -0.0264. The molecule has 6 nitrogen and oxygen atoms in total. The number of ether oxygens (including phenoxy) is 1.